The van der Waals surface area contributed by atoms with Gasteiger partial charge in [0.2, 0.25) is 15.9 Å². The molecule has 1 N–H and O–H groups in total. The molecule has 28 heavy (non-hydrogen) atoms. The van der Waals surface area contributed by atoms with Crippen molar-refractivity contribution in [3.8, 4) is 5.75 Å². The van der Waals surface area contributed by atoms with Gasteiger partial charge in [0.25, 0.3) is 0 Å². The van der Waals surface area contributed by atoms with Crippen LogP contribution in [0.2, 0.25) is 0 Å². The number of ketones is 1. The number of carbonyl (C=O) groups is 2. The molecule has 0 aromatic heterocycles. The number of likely N-dealkylation sites (N-methyl/N-ethyl adjacent to an activating group) is 1. The fourth-order valence-electron chi connectivity index (χ4n) is 3.06. The third-order valence-electron chi connectivity index (χ3n) is 4.63. The molecule has 1 atom stereocenters. The van der Waals surface area contributed by atoms with E-state index in [2.05, 4.69) is 5.32 Å². The Balaban J connectivity index is 1.68. The molecular formula is C20H22N2O5S. The summed E-state index contributed by atoms with van der Waals surface area (Å²) in [5.41, 5.74) is 1.31. The zero-order chi connectivity index (χ0) is 20.3. The van der Waals surface area contributed by atoms with Gasteiger partial charge in [-0.25, -0.2) is 8.42 Å². The number of hydrogen-bond acceptors (Lipinski definition) is 5. The summed E-state index contributed by atoms with van der Waals surface area (Å²) < 4.78 is 31.9. The van der Waals surface area contributed by atoms with Crippen LogP contribution >= 0.6 is 0 Å². The number of hydrogen-bond donors (Lipinski definition) is 1. The van der Waals surface area contributed by atoms with Crippen molar-refractivity contribution < 1.29 is 22.7 Å². The molecule has 0 saturated carbocycles. The average Bonchev–Trinajstić information content (AvgIpc) is 2.68. The number of carbonyl (C=O) groups excluding carboxylic acids is 2. The minimum atomic E-state index is -3.84. The molecule has 3 rings (SSSR count). The molecule has 0 aliphatic carbocycles. The molecule has 1 unspecified atom stereocenters. The summed E-state index contributed by atoms with van der Waals surface area (Å²) in [6.45, 7) is 1.59. The van der Waals surface area contributed by atoms with Crippen LogP contribution in [-0.4, -0.2) is 44.6 Å². The Hall–Kier alpha value is -2.71. The zero-order valence-corrected chi connectivity index (χ0v) is 16.5. The van der Waals surface area contributed by atoms with Crippen LogP contribution < -0.4 is 10.1 Å². The van der Waals surface area contributed by atoms with Crippen molar-refractivity contribution in [3.63, 3.8) is 0 Å². The molecule has 1 aliphatic rings. The van der Waals surface area contributed by atoms with Gasteiger partial charge in [-0.15, -0.1) is 0 Å². The van der Waals surface area contributed by atoms with Gasteiger partial charge in [0, 0.05) is 24.6 Å². The number of sulfonamides is 1. The van der Waals surface area contributed by atoms with E-state index in [1.807, 2.05) is 24.3 Å². The molecule has 148 valence electrons. The van der Waals surface area contributed by atoms with Gasteiger partial charge in [-0.1, -0.05) is 30.3 Å². The highest BCUT2D eigenvalue weighted by Gasteiger charge is 2.26. The number of amides is 1. The molecule has 0 bridgehead atoms. The summed E-state index contributed by atoms with van der Waals surface area (Å²) in [6.07, 6.45) is 0.617. The summed E-state index contributed by atoms with van der Waals surface area (Å²) in [5, 5.41) is 2.88. The number of para-hydroxylation sites is 1. The van der Waals surface area contributed by atoms with E-state index in [1.165, 1.54) is 38.2 Å². The number of ether oxygens (including phenoxy) is 1. The van der Waals surface area contributed by atoms with E-state index in [1.54, 1.807) is 0 Å². The number of rotatable bonds is 6. The van der Waals surface area contributed by atoms with Gasteiger partial charge in [0.05, 0.1) is 24.1 Å². The number of benzene rings is 2. The SMILES string of the molecule is CC(=O)c1ccc(S(=O)(=O)N(C)CC(=O)NC2CCOc3ccccc32)cc1. The van der Waals surface area contributed by atoms with Crippen LogP contribution in [-0.2, 0) is 14.8 Å². The first kappa shape index (κ1) is 20.0. The fourth-order valence-corrected chi connectivity index (χ4v) is 4.19. The minimum Gasteiger partial charge on any atom is -0.493 e. The van der Waals surface area contributed by atoms with Crippen molar-refractivity contribution in [1.82, 2.24) is 9.62 Å². The summed E-state index contributed by atoms with van der Waals surface area (Å²) in [4.78, 5) is 23.8. The molecule has 0 spiro atoms. The smallest absolute Gasteiger partial charge is 0.243 e. The maximum absolute atomic E-state index is 12.7. The highest BCUT2D eigenvalue weighted by molar-refractivity contribution is 7.89. The Kier molecular flexibility index (Phi) is 5.81. The molecule has 2 aromatic rings. The summed E-state index contributed by atoms with van der Waals surface area (Å²) in [7, 11) is -2.49. The lowest BCUT2D eigenvalue weighted by Gasteiger charge is -2.27. The Labute approximate surface area is 164 Å². The lowest BCUT2D eigenvalue weighted by Crippen LogP contribution is -2.40. The lowest BCUT2D eigenvalue weighted by atomic mass is 10.0. The van der Waals surface area contributed by atoms with E-state index >= 15 is 0 Å². The number of nitrogens with zero attached hydrogens (tertiary/aromatic N) is 1. The van der Waals surface area contributed by atoms with Crippen LogP contribution in [0.4, 0.5) is 0 Å². The van der Waals surface area contributed by atoms with Crippen LogP contribution in [0.5, 0.6) is 5.75 Å². The van der Waals surface area contributed by atoms with E-state index < -0.39 is 15.9 Å². The molecule has 1 heterocycles. The number of fused-ring (bicyclic) bond motifs is 1. The number of nitrogens with one attached hydrogen (secondary N) is 1. The van der Waals surface area contributed by atoms with Gasteiger partial charge >= 0.3 is 0 Å². The molecule has 0 fully saturated rings. The minimum absolute atomic E-state index is 0.0317. The Bertz CT molecular complexity index is 986. The maximum atomic E-state index is 12.7. The second-order valence-electron chi connectivity index (χ2n) is 6.64. The standard InChI is InChI=1S/C20H22N2O5S/c1-14(23)15-7-9-16(10-8-15)28(25,26)22(2)13-20(24)21-18-11-12-27-19-6-4-3-5-17(18)19/h3-10,18H,11-13H2,1-2H3,(H,21,24). The Morgan fingerprint density at radius 2 is 1.82 bits per heavy atom. The Morgan fingerprint density at radius 3 is 2.50 bits per heavy atom. The molecule has 8 heteroatoms. The van der Waals surface area contributed by atoms with Crippen molar-refractivity contribution in [3.05, 3.63) is 59.7 Å². The Morgan fingerprint density at radius 1 is 1.14 bits per heavy atom. The fraction of sp³-hybridized carbons (Fsp3) is 0.300. The van der Waals surface area contributed by atoms with E-state index in [9.17, 15) is 18.0 Å². The van der Waals surface area contributed by atoms with Crippen LogP contribution in [0.15, 0.2) is 53.4 Å². The monoisotopic (exact) mass is 402 g/mol. The average molecular weight is 402 g/mol. The van der Waals surface area contributed by atoms with Crippen LogP contribution in [0.25, 0.3) is 0 Å². The predicted molar refractivity (Wildman–Crippen MR) is 104 cm³/mol. The molecule has 1 amide bonds. The van der Waals surface area contributed by atoms with Gasteiger partial charge < -0.3 is 10.1 Å². The summed E-state index contributed by atoms with van der Waals surface area (Å²) in [6, 6.07) is 12.9. The first-order valence-corrected chi connectivity index (χ1v) is 10.3. The van der Waals surface area contributed by atoms with Crippen molar-refractivity contribution in [2.75, 3.05) is 20.2 Å². The molecule has 1 aliphatic heterocycles. The topological polar surface area (TPSA) is 92.8 Å². The van der Waals surface area contributed by atoms with Crippen molar-refractivity contribution in [2.45, 2.75) is 24.3 Å². The van der Waals surface area contributed by atoms with Gasteiger partial charge in [-0.3, -0.25) is 9.59 Å². The predicted octanol–water partition coefficient (Wildman–Crippen LogP) is 2.15. The molecule has 0 saturated heterocycles. The highest BCUT2D eigenvalue weighted by atomic mass is 32.2. The van der Waals surface area contributed by atoms with Crippen molar-refractivity contribution >= 4 is 21.7 Å². The zero-order valence-electron chi connectivity index (χ0n) is 15.7. The highest BCUT2D eigenvalue weighted by Crippen LogP contribution is 2.31. The largest absolute Gasteiger partial charge is 0.493 e. The maximum Gasteiger partial charge on any atom is 0.243 e. The molecule has 7 nitrogen and oxygen atoms in total. The summed E-state index contributed by atoms with van der Waals surface area (Å²) in [5.74, 6) is 0.187. The quantitative estimate of drug-likeness (QED) is 0.748. The van der Waals surface area contributed by atoms with Gasteiger partial charge in [-0.2, -0.15) is 4.31 Å². The van der Waals surface area contributed by atoms with E-state index in [4.69, 9.17) is 4.74 Å². The molecular weight excluding hydrogens is 380 g/mol. The van der Waals surface area contributed by atoms with Gasteiger partial charge in [-0.05, 0) is 25.1 Å². The number of Topliss-reactive ketones (excluding diaryl/α,β-unsaturated/α-hetero) is 1. The van der Waals surface area contributed by atoms with Crippen LogP contribution in [0.1, 0.15) is 35.3 Å². The molecule has 0 radical (unpaired) electrons. The second kappa shape index (κ2) is 8.12. The third-order valence-corrected chi connectivity index (χ3v) is 6.45. The van der Waals surface area contributed by atoms with E-state index in [0.29, 0.717) is 18.6 Å². The lowest BCUT2D eigenvalue weighted by molar-refractivity contribution is -0.122. The normalized spacial score (nSPS) is 16.2. The first-order valence-electron chi connectivity index (χ1n) is 8.87. The first-order chi connectivity index (χ1) is 13.3. The second-order valence-corrected chi connectivity index (χ2v) is 8.68. The van der Waals surface area contributed by atoms with Crippen molar-refractivity contribution in [2.24, 2.45) is 0 Å². The van der Waals surface area contributed by atoms with Crippen LogP contribution in [0, 0.1) is 0 Å². The van der Waals surface area contributed by atoms with E-state index in [-0.39, 0.29) is 23.3 Å². The molecule has 2 aromatic carbocycles. The van der Waals surface area contributed by atoms with Gasteiger partial charge in [0.1, 0.15) is 5.75 Å². The van der Waals surface area contributed by atoms with Gasteiger partial charge in [0.15, 0.2) is 5.78 Å². The third kappa shape index (κ3) is 4.23. The summed E-state index contributed by atoms with van der Waals surface area (Å²) >= 11 is 0. The van der Waals surface area contributed by atoms with E-state index in [0.717, 1.165) is 15.6 Å². The van der Waals surface area contributed by atoms with Crippen molar-refractivity contribution in [1.29, 1.82) is 0 Å². The van der Waals surface area contributed by atoms with Crippen LogP contribution in [0.3, 0.4) is 0 Å².